The van der Waals surface area contributed by atoms with Gasteiger partial charge < -0.3 is 10.2 Å². The van der Waals surface area contributed by atoms with Gasteiger partial charge in [-0.1, -0.05) is 30.3 Å². The van der Waals surface area contributed by atoms with Crippen molar-refractivity contribution < 1.29 is 4.42 Å². The Morgan fingerprint density at radius 3 is 2.63 bits per heavy atom. The molecular formula is C15H14ClNO2. The van der Waals surface area contributed by atoms with Crippen molar-refractivity contribution in [3.63, 3.8) is 0 Å². The predicted octanol–water partition coefficient (Wildman–Crippen LogP) is 2.87. The molecule has 3 aromatic rings. The van der Waals surface area contributed by atoms with Crippen molar-refractivity contribution in [3.05, 3.63) is 58.4 Å². The summed E-state index contributed by atoms with van der Waals surface area (Å²) in [5.41, 5.74) is 6.15. The van der Waals surface area contributed by atoms with E-state index in [1.165, 1.54) is 6.07 Å². The molecule has 98 valence electrons. The molecule has 19 heavy (non-hydrogen) atoms. The second-order valence-corrected chi connectivity index (χ2v) is 4.28. The normalized spacial score (nSPS) is 10.6. The topological polar surface area (TPSA) is 56.2 Å². The second kappa shape index (κ2) is 5.43. The minimum absolute atomic E-state index is 0. The van der Waals surface area contributed by atoms with Crippen LogP contribution in [0.4, 0.5) is 0 Å². The Kier molecular flexibility index (Phi) is 3.88. The van der Waals surface area contributed by atoms with E-state index in [0.717, 1.165) is 10.8 Å². The first-order valence-electron chi connectivity index (χ1n) is 5.94. The summed E-state index contributed by atoms with van der Waals surface area (Å²) >= 11 is 0. The number of hydrogen-bond donors (Lipinski definition) is 1. The number of fused-ring (bicyclic) bond motifs is 3. The van der Waals surface area contributed by atoms with E-state index in [9.17, 15) is 4.79 Å². The maximum atomic E-state index is 12.0. The third-order valence-corrected chi connectivity index (χ3v) is 3.06. The zero-order valence-electron chi connectivity index (χ0n) is 10.3. The van der Waals surface area contributed by atoms with E-state index in [4.69, 9.17) is 10.2 Å². The molecule has 2 aromatic carbocycles. The Balaban J connectivity index is 0.00000133. The lowest BCUT2D eigenvalue weighted by Crippen LogP contribution is -2.07. The summed E-state index contributed by atoms with van der Waals surface area (Å²) in [6.07, 6.45) is 0.578. The molecule has 0 spiro atoms. The van der Waals surface area contributed by atoms with Crippen molar-refractivity contribution in [1.82, 2.24) is 0 Å². The van der Waals surface area contributed by atoms with Crippen LogP contribution in [-0.4, -0.2) is 6.54 Å². The van der Waals surface area contributed by atoms with E-state index in [-0.39, 0.29) is 17.8 Å². The van der Waals surface area contributed by atoms with E-state index in [1.54, 1.807) is 0 Å². The quantitative estimate of drug-likeness (QED) is 0.732. The SMILES string of the molecule is Cl.NCCc1cc(=O)c2ccc3ccccc3c2o1. The van der Waals surface area contributed by atoms with Gasteiger partial charge in [-0.15, -0.1) is 12.4 Å². The standard InChI is InChI=1S/C15H13NO2.ClH/c16-8-7-11-9-14(17)13-6-5-10-3-1-2-4-12(10)15(13)18-11;/h1-6,9H,7-8,16H2;1H. The molecule has 0 aliphatic heterocycles. The van der Waals surface area contributed by atoms with Gasteiger partial charge in [0.05, 0.1) is 5.39 Å². The van der Waals surface area contributed by atoms with E-state index in [2.05, 4.69) is 0 Å². The number of rotatable bonds is 2. The number of hydrogen-bond acceptors (Lipinski definition) is 3. The van der Waals surface area contributed by atoms with E-state index in [0.29, 0.717) is 29.7 Å². The van der Waals surface area contributed by atoms with Crippen LogP contribution in [0.25, 0.3) is 21.7 Å². The maximum Gasteiger partial charge on any atom is 0.192 e. The number of benzene rings is 2. The highest BCUT2D eigenvalue weighted by molar-refractivity contribution is 6.03. The molecule has 1 heterocycles. The number of nitrogens with two attached hydrogens (primary N) is 1. The zero-order valence-corrected chi connectivity index (χ0v) is 11.1. The summed E-state index contributed by atoms with van der Waals surface area (Å²) < 4.78 is 5.82. The van der Waals surface area contributed by atoms with E-state index < -0.39 is 0 Å². The molecule has 4 heteroatoms. The largest absolute Gasteiger partial charge is 0.460 e. The molecule has 0 amide bonds. The monoisotopic (exact) mass is 275 g/mol. The Morgan fingerprint density at radius 2 is 1.84 bits per heavy atom. The molecule has 0 radical (unpaired) electrons. The lowest BCUT2D eigenvalue weighted by molar-refractivity contribution is 0.539. The highest BCUT2D eigenvalue weighted by Gasteiger charge is 2.07. The molecule has 1 aromatic heterocycles. The fourth-order valence-corrected chi connectivity index (χ4v) is 2.20. The van der Waals surface area contributed by atoms with Crippen LogP contribution in [0, 0.1) is 0 Å². The van der Waals surface area contributed by atoms with Gasteiger partial charge in [-0.2, -0.15) is 0 Å². The molecule has 0 aliphatic rings. The molecule has 0 aliphatic carbocycles. The summed E-state index contributed by atoms with van der Waals surface area (Å²) in [4.78, 5) is 12.0. The van der Waals surface area contributed by atoms with Crippen molar-refractivity contribution in [2.24, 2.45) is 5.73 Å². The van der Waals surface area contributed by atoms with Crippen LogP contribution in [0.5, 0.6) is 0 Å². The molecule has 2 N–H and O–H groups in total. The molecular weight excluding hydrogens is 262 g/mol. The highest BCUT2D eigenvalue weighted by Crippen LogP contribution is 2.24. The molecule has 3 rings (SSSR count). The van der Waals surface area contributed by atoms with Crippen LogP contribution in [0.2, 0.25) is 0 Å². The van der Waals surface area contributed by atoms with E-state index in [1.807, 2.05) is 36.4 Å². The first-order chi connectivity index (χ1) is 8.79. The van der Waals surface area contributed by atoms with Crippen LogP contribution in [0.15, 0.2) is 51.7 Å². The summed E-state index contributed by atoms with van der Waals surface area (Å²) in [7, 11) is 0. The van der Waals surface area contributed by atoms with Crippen molar-refractivity contribution in [3.8, 4) is 0 Å². The smallest absolute Gasteiger partial charge is 0.192 e. The third-order valence-electron chi connectivity index (χ3n) is 3.06. The van der Waals surface area contributed by atoms with Crippen LogP contribution in [0.3, 0.4) is 0 Å². The van der Waals surface area contributed by atoms with Gasteiger partial charge in [0, 0.05) is 17.9 Å². The van der Waals surface area contributed by atoms with Gasteiger partial charge in [0.2, 0.25) is 0 Å². The Bertz CT molecular complexity index is 780. The van der Waals surface area contributed by atoms with Gasteiger partial charge in [0.1, 0.15) is 11.3 Å². The predicted molar refractivity (Wildman–Crippen MR) is 80.0 cm³/mol. The molecule has 0 saturated heterocycles. The minimum atomic E-state index is -0.00884. The zero-order chi connectivity index (χ0) is 12.5. The first-order valence-corrected chi connectivity index (χ1v) is 5.94. The number of halogens is 1. The second-order valence-electron chi connectivity index (χ2n) is 4.28. The van der Waals surface area contributed by atoms with Crippen LogP contribution in [0.1, 0.15) is 5.76 Å². The van der Waals surface area contributed by atoms with Crippen molar-refractivity contribution in [2.45, 2.75) is 6.42 Å². The summed E-state index contributed by atoms with van der Waals surface area (Å²) in [5.74, 6) is 0.645. The molecule has 0 atom stereocenters. The van der Waals surface area contributed by atoms with Gasteiger partial charge in [0.25, 0.3) is 0 Å². The van der Waals surface area contributed by atoms with Crippen molar-refractivity contribution in [2.75, 3.05) is 6.54 Å². The molecule has 0 saturated carbocycles. The summed E-state index contributed by atoms with van der Waals surface area (Å²) in [6, 6.07) is 13.2. The van der Waals surface area contributed by atoms with Gasteiger partial charge in [-0.05, 0) is 18.0 Å². The van der Waals surface area contributed by atoms with E-state index >= 15 is 0 Å². The van der Waals surface area contributed by atoms with Crippen LogP contribution < -0.4 is 11.2 Å². The lowest BCUT2D eigenvalue weighted by atomic mass is 10.1. The third kappa shape index (κ3) is 2.35. The summed E-state index contributed by atoms with van der Waals surface area (Å²) in [5, 5.41) is 2.65. The average molecular weight is 276 g/mol. The maximum absolute atomic E-state index is 12.0. The Hall–Kier alpha value is -1.84. The fraction of sp³-hybridized carbons (Fsp3) is 0.133. The van der Waals surface area contributed by atoms with Crippen LogP contribution in [-0.2, 0) is 6.42 Å². The van der Waals surface area contributed by atoms with Gasteiger partial charge in [-0.3, -0.25) is 4.79 Å². The van der Waals surface area contributed by atoms with Gasteiger partial charge >= 0.3 is 0 Å². The minimum Gasteiger partial charge on any atom is -0.460 e. The van der Waals surface area contributed by atoms with Crippen molar-refractivity contribution in [1.29, 1.82) is 0 Å². The highest BCUT2D eigenvalue weighted by atomic mass is 35.5. The molecule has 0 fully saturated rings. The first kappa shape index (κ1) is 13.6. The molecule has 0 bridgehead atoms. The Labute approximate surface area is 116 Å². The fourth-order valence-electron chi connectivity index (χ4n) is 2.20. The van der Waals surface area contributed by atoms with Crippen molar-refractivity contribution >= 4 is 34.1 Å². The van der Waals surface area contributed by atoms with Gasteiger partial charge in [0.15, 0.2) is 5.43 Å². The molecule has 3 nitrogen and oxygen atoms in total. The Morgan fingerprint density at radius 1 is 1.05 bits per heavy atom. The molecule has 0 unspecified atom stereocenters. The summed E-state index contributed by atoms with van der Waals surface area (Å²) in [6.45, 7) is 0.471. The van der Waals surface area contributed by atoms with Gasteiger partial charge in [-0.25, -0.2) is 0 Å². The van der Waals surface area contributed by atoms with Crippen LogP contribution >= 0.6 is 12.4 Å². The average Bonchev–Trinajstić information content (AvgIpc) is 2.39. The lowest BCUT2D eigenvalue weighted by Gasteiger charge is -2.04.